The number of alkyl halides is 2. The zero-order valence-electron chi connectivity index (χ0n) is 15.7. The van der Waals surface area contributed by atoms with E-state index in [-0.39, 0.29) is 6.42 Å². The van der Waals surface area contributed by atoms with Crippen LogP contribution in [0.5, 0.6) is 0 Å². The maximum Gasteiger partial charge on any atom is 0.269 e. The van der Waals surface area contributed by atoms with Gasteiger partial charge in [0.05, 0.1) is 22.3 Å². The number of amides is 1. The summed E-state index contributed by atoms with van der Waals surface area (Å²) in [6.07, 6.45) is 6.07. The van der Waals surface area contributed by atoms with Gasteiger partial charge in [0.25, 0.3) is 11.8 Å². The van der Waals surface area contributed by atoms with E-state index in [0.29, 0.717) is 34.8 Å². The molecule has 154 valence electrons. The second-order valence-electron chi connectivity index (χ2n) is 7.17. The van der Waals surface area contributed by atoms with Crippen LogP contribution in [0.4, 0.5) is 8.78 Å². The van der Waals surface area contributed by atoms with Gasteiger partial charge in [-0.1, -0.05) is 18.5 Å². The van der Waals surface area contributed by atoms with Crippen molar-refractivity contribution in [2.45, 2.75) is 50.6 Å². The van der Waals surface area contributed by atoms with Crippen molar-refractivity contribution in [2.24, 2.45) is 5.73 Å². The molecule has 29 heavy (non-hydrogen) atoms. The number of hydrogen-bond acceptors (Lipinski definition) is 5. The Balaban J connectivity index is 1.66. The maximum atomic E-state index is 14.3. The van der Waals surface area contributed by atoms with Gasteiger partial charge >= 0.3 is 0 Å². The average Bonchev–Trinajstić information content (AvgIpc) is 3.27. The maximum absolute atomic E-state index is 14.3. The lowest BCUT2D eigenvalue weighted by molar-refractivity contribution is -0.0674. The summed E-state index contributed by atoms with van der Waals surface area (Å²) in [5.74, 6) is -3.54. The minimum absolute atomic E-state index is 0.266. The topological polar surface area (TPSA) is 85.3 Å². The molecule has 2 atom stereocenters. The number of carbonyl (C=O) groups is 1. The summed E-state index contributed by atoms with van der Waals surface area (Å²) in [6.45, 7) is 1.97. The quantitative estimate of drug-likeness (QED) is 0.645. The van der Waals surface area contributed by atoms with Crippen LogP contribution in [0, 0.1) is 0 Å². The molecule has 6 nitrogen and oxygen atoms in total. The van der Waals surface area contributed by atoms with Crippen molar-refractivity contribution in [2.75, 3.05) is 0 Å². The first-order valence-corrected chi connectivity index (χ1v) is 10.6. The van der Waals surface area contributed by atoms with E-state index in [4.69, 9.17) is 17.3 Å². The largest absolute Gasteiger partial charge is 0.341 e. The monoisotopic (exact) mass is 439 g/mol. The summed E-state index contributed by atoms with van der Waals surface area (Å²) in [5.41, 5.74) is 8.05. The summed E-state index contributed by atoms with van der Waals surface area (Å²) in [7, 11) is 0. The Hall–Kier alpha value is -2.10. The number of nitrogens with two attached hydrogens (primary N) is 1. The van der Waals surface area contributed by atoms with E-state index in [2.05, 4.69) is 15.4 Å². The van der Waals surface area contributed by atoms with Crippen molar-refractivity contribution in [3.05, 3.63) is 39.4 Å². The minimum Gasteiger partial charge on any atom is -0.341 e. The zero-order chi connectivity index (χ0) is 20.8. The molecule has 0 bridgehead atoms. The van der Waals surface area contributed by atoms with Gasteiger partial charge in [0.1, 0.15) is 6.04 Å². The molecule has 1 saturated carbocycles. The Morgan fingerprint density at radius 3 is 2.97 bits per heavy atom. The normalized spacial score (nSPS) is 21.4. The van der Waals surface area contributed by atoms with Crippen LogP contribution in [-0.4, -0.2) is 38.5 Å². The highest BCUT2D eigenvalue weighted by Gasteiger charge is 2.46. The average molecular weight is 440 g/mol. The third-order valence-electron chi connectivity index (χ3n) is 5.19. The van der Waals surface area contributed by atoms with Gasteiger partial charge in [-0.2, -0.15) is 5.10 Å². The Bertz CT molecular complexity index is 1070. The number of aryl methyl sites for hydroxylation is 1. The SMILES string of the molecule is CCc1sc(C(=O)NC2C(N)CCCC2(F)F)cc1-c1cnn2cc(Cl)cnc12. The van der Waals surface area contributed by atoms with Crippen LogP contribution in [-0.2, 0) is 6.42 Å². The molecule has 0 aliphatic heterocycles. The van der Waals surface area contributed by atoms with Crippen molar-refractivity contribution >= 4 is 34.5 Å². The lowest BCUT2D eigenvalue weighted by Crippen LogP contribution is -2.59. The first-order valence-electron chi connectivity index (χ1n) is 9.36. The van der Waals surface area contributed by atoms with Crippen LogP contribution in [0.25, 0.3) is 16.8 Å². The van der Waals surface area contributed by atoms with Crippen molar-refractivity contribution in [1.29, 1.82) is 0 Å². The number of halogens is 3. The van der Waals surface area contributed by atoms with Gasteiger partial charge in [0.2, 0.25) is 0 Å². The van der Waals surface area contributed by atoms with E-state index >= 15 is 0 Å². The molecule has 0 aromatic carbocycles. The fourth-order valence-electron chi connectivity index (χ4n) is 3.71. The highest BCUT2D eigenvalue weighted by Crippen LogP contribution is 2.36. The fraction of sp³-hybridized carbons (Fsp3) is 0.421. The summed E-state index contributed by atoms with van der Waals surface area (Å²) < 4.78 is 30.1. The van der Waals surface area contributed by atoms with Gasteiger partial charge < -0.3 is 11.1 Å². The molecule has 1 amide bonds. The van der Waals surface area contributed by atoms with E-state index in [9.17, 15) is 13.6 Å². The van der Waals surface area contributed by atoms with E-state index in [0.717, 1.165) is 16.0 Å². The fourth-order valence-corrected chi connectivity index (χ4v) is 4.87. The molecule has 3 aromatic rings. The van der Waals surface area contributed by atoms with Gasteiger partial charge in [-0.15, -0.1) is 11.3 Å². The minimum atomic E-state index is -3.01. The number of hydrogen-bond donors (Lipinski definition) is 2. The molecular formula is C19H20ClF2N5OS. The Kier molecular flexibility index (Phi) is 5.30. The van der Waals surface area contributed by atoms with Crippen LogP contribution >= 0.6 is 22.9 Å². The molecule has 0 radical (unpaired) electrons. The van der Waals surface area contributed by atoms with Crippen LogP contribution in [0.2, 0.25) is 5.02 Å². The third kappa shape index (κ3) is 3.74. The van der Waals surface area contributed by atoms with E-state index < -0.39 is 23.9 Å². The van der Waals surface area contributed by atoms with Gasteiger partial charge in [-0.25, -0.2) is 18.3 Å². The zero-order valence-corrected chi connectivity index (χ0v) is 17.2. The second-order valence-corrected chi connectivity index (χ2v) is 8.74. The predicted molar refractivity (Wildman–Crippen MR) is 109 cm³/mol. The molecule has 3 heterocycles. The van der Waals surface area contributed by atoms with E-state index in [1.807, 2.05) is 6.92 Å². The Morgan fingerprint density at radius 2 is 2.24 bits per heavy atom. The summed E-state index contributed by atoms with van der Waals surface area (Å²) in [6, 6.07) is -0.417. The molecular weight excluding hydrogens is 420 g/mol. The smallest absolute Gasteiger partial charge is 0.269 e. The molecule has 1 aliphatic carbocycles. The van der Waals surface area contributed by atoms with Crippen LogP contribution < -0.4 is 11.1 Å². The molecule has 2 unspecified atom stereocenters. The number of aromatic nitrogens is 3. The summed E-state index contributed by atoms with van der Waals surface area (Å²) >= 11 is 7.24. The number of thiophene rings is 1. The molecule has 0 saturated heterocycles. The molecule has 3 N–H and O–H groups in total. The number of fused-ring (bicyclic) bond motifs is 1. The van der Waals surface area contributed by atoms with Crippen LogP contribution in [0.1, 0.15) is 40.7 Å². The van der Waals surface area contributed by atoms with Gasteiger partial charge in [0.15, 0.2) is 5.65 Å². The highest BCUT2D eigenvalue weighted by atomic mass is 35.5. The van der Waals surface area contributed by atoms with Crippen molar-refractivity contribution in [3.8, 4) is 11.1 Å². The lowest BCUT2D eigenvalue weighted by atomic mass is 9.87. The summed E-state index contributed by atoms with van der Waals surface area (Å²) in [5, 5.41) is 7.19. The van der Waals surface area contributed by atoms with E-state index in [1.54, 1.807) is 23.0 Å². The number of nitrogens with zero attached hydrogens (tertiary/aromatic N) is 3. The van der Waals surface area contributed by atoms with Crippen molar-refractivity contribution in [3.63, 3.8) is 0 Å². The van der Waals surface area contributed by atoms with Gasteiger partial charge in [-0.3, -0.25) is 4.79 Å². The van der Waals surface area contributed by atoms with Crippen LogP contribution in [0.3, 0.4) is 0 Å². The van der Waals surface area contributed by atoms with Gasteiger partial charge in [0, 0.05) is 34.7 Å². The first kappa shape index (κ1) is 20.2. The standard InChI is InChI=1S/C19H20ClF2N5OS/c1-2-14-11(12-8-25-27-9-10(20)7-24-17(12)27)6-15(29-14)18(28)26-16-13(23)4-3-5-19(16,21)22/h6-9,13,16H,2-5,23H2,1H3,(H,26,28). The Labute approximate surface area is 175 Å². The van der Waals surface area contributed by atoms with Gasteiger partial charge in [-0.05, 0) is 25.3 Å². The molecule has 0 spiro atoms. The van der Waals surface area contributed by atoms with E-state index in [1.165, 1.54) is 17.5 Å². The highest BCUT2D eigenvalue weighted by molar-refractivity contribution is 7.14. The van der Waals surface area contributed by atoms with Crippen LogP contribution in [0.15, 0.2) is 24.7 Å². The molecule has 10 heteroatoms. The number of carbonyl (C=O) groups excluding carboxylic acids is 1. The molecule has 4 rings (SSSR count). The molecule has 1 aliphatic rings. The number of rotatable bonds is 4. The lowest BCUT2D eigenvalue weighted by Gasteiger charge is -2.36. The first-order chi connectivity index (χ1) is 13.8. The summed E-state index contributed by atoms with van der Waals surface area (Å²) in [4.78, 5) is 18.4. The van der Waals surface area contributed by atoms with Crippen molar-refractivity contribution < 1.29 is 13.6 Å². The predicted octanol–water partition coefficient (Wildman–Crippen LogP) is 3.92. The second kappa shape index (κ2) is 7.62. The molecule has 3 aromatic heterocycles. The number of nitrogens with one attached hydrogen (secondary N) is 1. The molecule has 1 fully saturated rings. The Morgan fingerprint density at radius 1 is 1.45 bits per heavy atom. The van der Waals surface area contributed by atoms with Crippen molar-refractivity contribution in [1.82, 2.24) is 19.9 Å². The third-order valence-corrected chi connectivity index (χ3v) is 6.66.